The van der Waals surface area contributed by atoms with E-state index < -0.39 is 0 Å². The Labute approximate surface area is 83.4 Å². The van der Waals surface area contributed by atoms with Gasteiger partial charge in [0, 0.05) is 15.7 Å². The lowest BCUT2D eigenvalue weighted by Gasteiger charge is -1.96. The average Bonchev–Trinajstić information content (AvgIpc) is 2.42. The largest absolute Gasteiger partial charge is 0.205 e. The molecule has 0 atom stereocenters. The van der Waals surface area contributed by atoms with E-state index in [4.69, 9.17) is 11.6 Å². The van der Waals surface area contributed by atoms with Crippen LogP contribution < -0.4 is 0 Å². The number of hydrogen-bond acceptors (Lipinski definition) is 2. The van der Waals surface area contributed by atoms with E-state index in [1.165, 1.54) is 17.4 Å². The van der Waals surface area contributed by atoms with Crippen LogP contribution in [0.25, 0.3) is 10.1 Å². The number of halogens is 2. The Bertz CT molecular complexity index is 436. The first-order chi connectivity index (χ1) is 5.70. The van der Waals surface area contributed by atoms with Crippen LogP contribution in [0.3, 0.4) is 0 Å². The molecular formula is C8H4ClFS2. The molecule has 0 radical (unpaired) electrons. The zero-order valence-corrected chi connectivity index (χ0v) is 8.31. The number of thiophene rings is 1. The van der Waals surface area contributed by atoms with E-state index in [9.17, 15) is 4.39 Å². The van der Waals surface area contributed by atoms with Crippen molar-refractivity contribution < 1.29 is 4.39 Å². The zero-order chi connectivity index (χ0) is 8.72. The number of hydrogen-bond donors (Lipinski definition) is 1. The highest BCUT2D eigenvalue weighted by atomic mass is 35.5. The molecule has 0 aliphatic heterocycles. The Morgan fingerprint density at radius 1 is 1.42 bits per heavy atom. The van der Waals surface area contributed by atoms with Gasteiger partial charge in [-0.15, -0.1) is 24.0 Å². The van der Waals surface area contributed by atoms with Gasteiger partial charge in [0.2, 0.25) is 0 Å². The van der Waals surface area contributed by atoms with E-state index >= 15 is 0 Å². The molecule has 1 aromatic carbocycles. The van der Waals surface area contributed by atoms with Crippen LogP contribution in [0.2, 0.25) is 5.02 Å². The molecule has 4 heteroatoms. The monoisotopic (exact) mass is 218 g/mol. The minimum Gasteiger partial charge on any atom is -0.205 e. The van der Waals surface area contributed by atoms with E-state index in [1.54, 1.807) is 11.4 Å². The SMILES string of the molecule is Fc1ccc(S)c2c(Cl)csc12. The van der Waals surface area contributed by atoms with Crippen molar-refractivity contribution in [1.82, 2.24) is 0 Å². The van der Waals surface area contributed by atoms with E-state index in [0.29, 0.717) is 15.1 Å². The first kappa shape index (κ1) is 8.35. The van der Waals surface area contributed by atoms with Crippen molar-refractivity contribution >= 4 is 45.7 Å². The maximum absolute atomic E-state index is 13.1. The molecule has 12 heavy (non-hydrogen) atoms. The molecule has 0 amide bonds. The highest BCUT2D eigenvalue weighted by Gasteiger charge is 2.08. The Morgan fingerprint density at radius 2 is 2.17 bits per heavy atom. The van der Waals surface area contributed by atoms with Gasteiger partial charge in [0.25, 0.3) is 0 Å². The van der Waals surface area contributed by atoms with Crippen molar-refractivity contribution in [2.75, 3.05) is 0 Å². The fourth-order valence-corrected chi connectivity index (χ4v) is 2.75. The first-order valence-electron chi connectivity index (χ1n) is 3.24. The Morgan fingerprint density at radius 3 is 2.83 bits per heavy atom. The molecule has 0 spiro atoms. The van der Waals surface area contributed by atoms with Gasteiger partial charge >= 0.3 is 0 Å². The molecule has 0 nitrogen and oxygen atoms in total. The van der Waals surface area contributed by atoms with Crippen molar-refractivity contribution in [3.05, 3.63) is 28.4 Å². The third-order valence-electron chi connectivity index (χ3n) is 1.61. The van der Waals surface area contributed by atoms with Crippen LogP contribution in [0.1, 0.15) is 0 Å². The molecule has 0 saturated carbocycles. The van der Waals surface area contributed by atoms with Crippen LogP contribution in [0.4, 0.5) is 4.39 Å². The van der Waals surface area contributed by atoms with Gasteiger partial charge < -0.3 is 0 Å². The summed E-state index contributed by atoms with van der Waals surface area (Å²) in [7, 11) is 0. The van der Waals surface area contributed by atoms with Gasteiger partial charge in [-0.1, -0.05) is 11.6 Å². The third kappa shape index (κ3) is 1.13. The van der Waals surface area contributed by atoms with Crippen molar-refractivity contribution in [1.29, 1.82) is 0 Å². The maximum Gasteiger partial charge on any atom is 0.141 e. The number of rotatable bonds is 0. The van der Waals surface area contributed by atoms with E-state index in [-0.39, 0.29) is 5.82 Å². The lowest BCUT2D eigenvalue weighted by molar-refractivity contribution is 0.641. The summed E-state index contributed by atoms with van der Waals surface area (Å²) in [5.41, 5.74) is 0. The van der Waals surface area contributed by atoms with Crippen molar-refractivity contribution in [2.24, 2.45) is 0 Å². The lowest BCUT2D eigenvalue weighted by Crippen LogP contribution is -1.74. The van der Waals surface area contributed by atoms with Crippen LogP contribution in [0.15, 0.2) is 22.4 Å². The van der Waals surface area contributed by atoms with Crippen LogP contribution in [-0.4, -0.2) is 0 Å². The highest BCUT2D eigenvalue weighted by molar-refractivity contribution is 7.80. The highest BCUT2D eigenvalue weighted by Crippen LogP contribution is 2.35. The van der Waals surface area contributed by atoms with Crippen LogP contribution in [0, 0.1) is 5.82 Å². The van der Waals surface area contributed by atoms with Gasteiger partial charge in [-0.2, -0.15) is 0 Å². The minimum atomic E-state index is -0.236. The number of thiol groups is 1. The third-order valence-corrected chi connectivity index (χ3v) is 3.40. The zero-order valence-electron chi connectivity index (χ0n) is 5.84. The van der Waals surface area contributed by atoms with E-state index in [0.717, 1.165) is 4.90 Å². The van der Waals surface area contributed by atoms with Crippen molar-refractivity contribution in [2.45, 2.75) is 4.90 Å². The normalized spacial score (nSPS) is 10.9. The van der Waals surface area contributed by atoms with Gasteiger partial charge in [-0.05, 0) is 12.1 Å². The Balaban J connectivity index is 2.98. The summed E-state index contributed by atoms with van der Waals surface area (Å²) in [6.07, 6.45) is 0. The second-order valence-electron chi connectivity index (χ2n) is 2.35. The second kappa shape index (κ2) is 2.91. The number of benzene rings is 1. The van der Waals surface area contributed by atoms with Crippen LogP contribution >= 0.6 is 35.6 Å². The van der Waals surface area contributed by atoms with Crippen molar-refractivity contribution in [3.8, 4) is 0 Å². The summed E-state index contributed by atoms with van der Waals surface area (Å²) >= 11 is 11.3. The standard InChI is InChI=1S/C8H4ClFS2/c9-4-3-12-8-5(10)1-2-6(11)7(4)8/h1-3,11H. The molecule has 0 unspecified atom stereocenters. The average molecular weight is 219 g/mol. The van der Waals surface area contributed by atoms with Crippen molar-refractivity contribution in [3.63, 3.8) is 0 Å². The van der Waals surface area contributed by atoms with E-state index in [2.05, 4.69) is 12.6 Å². The molecule has 62 valence electrons. The summed E-state index contributed by atoms with van der Waals surface area (Å²) in [4.78, 5) is 0.720. The molecule has 0 saturated heterocycles. The minimum absolute atomic E-state index is 0.236. The molecule has 1 heterocycles. The predicted octanol–water partition coefficient (Wildman–Crippen LogP) is 3.98. The summed E-state index contributed by atoms with van der Waals surface area (Å²) in [5, 5.41) is 3.00. The quantitative estimate of drug-likeness (QED) is 0.636. The summed E-state index contributed by atoms with van der Waals surface area (Å²) in [6.45, 7) is 0. The maximum atomic E-state index is 13.1. The molecule has 0 bridgehead atoms. The van der Waals surface area contributed by atoms with Gasteiger partial charge in [0.15, 0.2) is 0 Å². The van der Waals surface area contributed by atoms with E-state index in [1.807, 2.05) is 0 Å². The summed E-state index contributed by atoms with van der Waals surface area (Å²) in [6, 6.07) is 3.01. The molecule has 0 aliphatic carbocycles. The molecular weight excluding hydrogens is 215 g/mol. The topological polar surface area (TPSA) is 0 Å². The molecule has 2 rings (SSSR count). The summed E-state index contributed by atoms with van der Waals surface area (Å²) in [5.74, 6) is -0.236. The fourth-order valence-electron chi connectivity index (χ4n) is 1.06. The summed E-state index contributed by atoms with van der Waals surface area (Å²) < 4.78 is 13.7. The second-order valence-corrected chi connectivity index (χ2v) is 4.12. The fraction of sp³-hybridized carbons (Fsp3) is 0. The Hall–Kier alpha value is -0.250. The molecule has 0 N–H and O–H groups in total. The van der Waals surface area contributed by atoms with Crippen LogP contribution in [0.5, 0.6) is 0 Å². The Kier molecular flexibility index (Phi) is 2.02. The first-order valence-corrected chi connectivity index (χ1v) is 4.95. The molecule has 0 aliphatic rings. The van der Waals surface area contributed by atoms with Gasteiger partial charge in [-0.25, -0.2) is 4.39 Å². The molecule has 2 aromatic rings. The van der Waals surface area contributed by atoms with Gasteiger partial charge in [-0.3, -0.25) is 0 Å². The molecule has 0 fully saturated rings. The van der Waals surface area contributed by atoms with Gasteiger partial charge in [0.05, 0.1) is 9.72 Å². The number of fused-ring (bicyclic) bond motifs is 1. The predicted molar refractivity (Wildman–Crippen MR) is 54.0 cm³/mol. The van der Waals surface area contributed by atoms with Crippen LogP contribution in [-0.2, 0) is 0 Å². The molecule has 1 aromatic heterocycles. The van der Waals surface area contributed by atoms with Gasteiger partial charge in [0.1, 0.15) is 5.82 Å². The lowest BCUT2D eigenvalue weighted by atomic mass is 10.2. The smallest absolute Gasteiger partial charge is 0.141 e.